The molecule has 3 rings (SSSR count). The summed E-state index contributed by atoms with van der Waals surface area (Å²) in [6.45, 7) is 2.82. The molecule has 0 aliphatic carbocycles. The zero-order valence-electron chi connectivity index (χ0n) is 14.6. The van der Waals surface area contributed by atoms with Gasteiger partial charge < -0.3 is 15.3 Å². The van der Waals surface area contributed by atoms with Crippen LogP contribution in [0.15, 0.2) is 30.3 Å². The zero-order valence-corrected chi connectivity index (χ0v) is 14.6. The molecular weight excluding hydrogens is 336 g/mol. The lowest BCUT2D eigenvalue weighted by Gasteiger charge is -2.32. The van der Waals surface area contributed by atoms with Crippen molar-refractivity contribution < 1.29 is 14.7 Å². The number of carbonyl (C=O) groups is 2. The highest BCUT2D eigenvalue weighted by Gasteiger charge is 2.30. The van der Waals surface area contributed by atoms with Gasteiger partial charge in [-0.3, -0.25) is 9.59 Å². The summed E-state index contributed by atoms with van der Waals surface area (Å²) in [5, 5.41) is 23.9. The predicted molar refractivity (Wildman–Crippen MR) is 93.8 cm³/mol. The summed E-state index contributed by atoms with van der Waals surface area (Å²) in [6, 6.07) is 8.96. The van der Waals surface area contributed by atoms with Crippen molar-refractivity contribution in [2.75, 3.05) is 18.4 Å². The second kappa shape index (κ2) is 7.94. The van der Waals surface area contributed by atoms with Crippen LogP contribution in [-0.2, 0) is 9.59 Å². The molecule has 1 aromatic carbocycles. The first-order chi connectivity index (χ1) is 12.6. The van der Waals surface area contributed by atoms with Crippen LogP contribution in [0.3, 0.4) is 0 Å². The van der Waals surface area contributed by atoms with Crippen molar-refractivity contribution in [1.29, 1.82) is 0 Å². The minimum absolute atomic E-state index is 0.0565. The molecule has 0 saturated carbocycles. The number of rotatable bonds is 6. The number of para-hydroxylation sites is 1. The quantitative estimate of drug-likeness (QED) is 0.797. The summed E-state index contributed by atoms with van der Waals surface area (Å²) in [4.78, 5) is 25.6. The van der Waals surface area contributed by atoms with E-state index in [4.69, 9.17) is 5.11 Å². The molecule has 2 aromatic rings. The minimum Gasteiger partial charge on any atom is -0.481 e. The smallest absolute Gasteiger partial charge is 0.306 e. The maximum atomic E-state index is 12.8. The lowest BCUT2D eigenvalue weighted by atomic mass is 9.96. The molecule has 1 aliphatic rings. The van der Waals surface area contributed by atoms with Crippen molar-refractivity contribution in [3.8, 4) is 5.69 Å². The number of carboxylic acid groups (broad SMARTS) is 1. The molecule has 9 heteroatoms. The number of hydrogen-bond acceptors (Lipinski definition) is 6. The van der Waals surface area contributed by atoms with Crippen molar-refractivity contribution in [2.24, 2.45) is 5.92 Å². The van der Waals surface area contributed by atoms with Crippen LogP contribution < -0.4 is 5.32 Å². The van der Waals surface area contributed by atoms with Gasteiger partial charge in [-0.25, -0.2) is 0 Å². The first-order valence-electron chi connectivity index (χ1n) is 8.72. The SMILES string of the molecule is CCC(Nc1nnnn1-c1ccccc1)C(=O)N1CCC(C(=O)O)CC1. The molecule has 1 amide bonds. The van der Waals surface area contributed by atoms with Gasteiger partial charge in [0.25, 0.3) is 0 Å². The number of tetrazole rings is 1. The Balaban J connectivity index is 1.68. The van der Waals surface area contributed by atoms with Crippen LogP contribution in [0.25, 0.3) is 5.69 Å². The number of aromatic nitrogens is 4. The van der Waals surface area contributed by atoms with E-state index < -0.39 is 12.0 Å². The highest BCUT2D eigenvalue weighted by molar-refractivity contribution is 5.84. The molecular formula is C17H22N6O3. The summed E-state index contributed by atoms with van der Waals surface area (Å²) in [6.07, 6.45) is 1.54. The van der Waals surface area contributed by atoms with Crippen molar-refractivity contribution in [2.45, 2.75) is 32.2 Å². The summed E-state index contributed by atoms with van der Waals surface area (Å²) in [5.74, 6) is -0.808. The number of amides is 1. The Bertz CT molecular complexity index is 755. The number of hydrogen-bond donors (Lipinski definition) is 2. The van der Waals surface area contributed by atoms with Crippen LogP contribution in [-0.4, -0.2) is 61.2 Å². The maximum absolute atomic E-state index is 12.8. The van der Waals surface area contributed by atoms with Crippen LogP contribution >= 0.6 is 0 Å². The van der Waals surface area contributed by atoms with Crippen molar-refractivity contribution >= 4 is 17.8 Å². The van der Waals surface area contributed by atoms with E-state index in [0.717, 1.165) is 5.69 Å². The fraction of sp³-hybridized carbons (Fsp3) is 0.471. The second-order valence-corrected chi connectivity index (χ2v) is 6.29. The largest absolute Gasteiger partial charge is 0.481 e. The number of nitrogens with one attached hydrogen (secondary N) is 1. The Morgan fingerprint density at radius 2 is 1.96 bits per heavy atom. The number of aliphatic carboxylic acids is 1. The number of nitrogens with zero attached hydrogens (tertiary/aromatic N) is 5. The van der Waals surface area contributed by atoms with Gasteiger partial charge in [-0.2, -0.15) is 4.68 Å². The molecule has 1 aliphatic heterocycles. The van der Waals surface area contributed by atoms with Gasteiger partial charge in [-0.1, -0.05) is 30.2 Å². The van der Waals surface area contributed by atoms with Crippen LogP contribution in [0.5, 0.6) is 0 Å². The Labute approximate surface area is 151 Å². The lowest BCUT2D eigenvalue weighted by molar-refractivity contribution is -0.145. The first kappa shape index (κ1) is 17.8. The van der Waals surface area contributed by atoms with E-state index in [1.807, 2.05) is 37.3 Å². The van der Waals surface area contributed by atoms with E-state index in [2.05, 4.69) is 20.8 Å². The average molecular weight is 358 g/mol. The van der Waals surface area contributed by atoms with Gasteiger partial charge in [0.1, 0.15) is 6.04 Å². The number of likely N-dealkylation sites (tertiary alicyclic amines) is 1. The van der Waals surface area contributed by atoms with Gasteiger partial charge >= 0.3 is 5.97 Å². The van der Waals surface area contributed by atoms with Gasteiger partial charge in [0.15, 0.2) is 0 Å². The molecule has 1 fully saturated rings. The molecule has 0 spiro atoms. The summed E-state index contributed by atoms with van der Waals surface area (Å²) in [7, 11) is 0. The molecule has 1 unspecified atom stereocenters. The number of piperidine rings is 1. The molecule has 26 heavy (non-hydrogen) atoms. The summed E-state index contributed by atoms with van der Waals surface area (Å²) >= 11 is 0. The van der Waals surface area contributed by atoms with Gasteiger partial charge in [-0.05, 0) is 41.8 Å². The Hall–Kier alpha value is -2.97. The van der Waals surface area contributed by atoms with Crippen molar-refractivity contribution in [3.05, 3.63) is 30.3 Å². The third-order valence-electron chi connectivity index (χ3n) is 4.64. The normalized spacial score (nSPS) is 16.3. The van der Waals surface area contributed by atoms with Gasteiger partial charge in [0.2, 0.25) is 11.9 Å². The van der Waals surface area contributed by atoms with E-state index in [-0.39, 0.29) is 11.8 Å². The fourth-order valence-electron chi connectivity index (χ4n) is 3.08. The molecule has 1 atom stereocenters. The number of benzene rings is 1. The van der Waals surface area contributed by atoms with Gasteiger partial charge in [0.05, 0.1) is 11.6 Å². The number of carbonyl (C=O) groups excluding carboxylic acids is 1. The molecule has 0 bridgehead atoms. The molecule has 1 aromatic heterocycles. The zero-order chi connectivity index (χ0) is 18.5. The van der Waals surface area contributed by atoms with Crippen LogP contribution in [0.2, 0.25) is 0 Å². The van der Waals surface area contributed by atoms with E-state index in [1.54, 1.807) is 9.58 Å². The summed E-state index contributed by atoms with van der Waals surface area (Å²) in [5.41, 5.74) is 0.796. The highest BCUT2D eigenvalue weighted by atomic mass is 16.4. The topological polar surface area (TPSA) is 113 Å². The van der Waals surface area contributed by atoms with Crippen LogP contribution in [0.1, 0.15) is 26.2 Å². The predicted octanol–water partition coefficient (Wildman–Crippen LogP) is 1.18. The maximum Gasteiger partial charge on any atom is 0.306 e. The van der Waals surface area contributed by atoms with Crippen molar-refractivity contribution in [3.63, 3.8) is 0 Å². The summed E-state index contributed by atoms with van der Waals surface area (Å²) < 4.78 is 1.55. The van der Waals surface area contributed by atoms with E-state index >= 15 is 0 Å². The fourth-order valence-corrected chi connectivity index (χ4v) is 3.08. The lowest BCUT2D eigenvalue weighted by Crippen LogP contribution is -2.47. The van der Waals surface area contributed by atoms with Gasteiger partial charge in [0, 0.05) is 13.1 Å². The monoisotopic (exact) mass is 358 g/mol. The average Bonchev–Trinajstić information content (AvgIpc) is 3.14. The van der Waals surface area contributed by atoms with Gasteiger partial charge in [-0.15, -0.1) is 0 Å². The van der Waals surface area contributed by atoms with Crippen LogP contribution in [0.4, 0.5) is 5.95 Å². The van der Waals surface area contributed by atoms with Crippen molar-refractivity contribution in [1.82, 2.24) is 25.1 Å². The van der Waals surface area contributed by atoms with E-state index in [0.29, 0.717) is 38.3 Å². The standard InChI is InChI=1S/C17H22N6O3/c1-2-14(15(24)22-10-8-12(9-11-22)16(25)26)18-17-19-20-21-23(17)13-6-4-3-5-7-13/h3-7,12,14H,2,8-11H2,1H3,(H,25,26)(H,18,19,21). The number of carboxylic acids is 1. The molecule has 1 saturated heterocycles. The molecule has 2 heterocycles. The Kier molecular flexibility index (Phi) is 5.45. The molecule has 138 valence electrons. The Morgan fingerprint density at radius 3 is 2.58 bits per heavy atom. The van der Waals surface area contributed by atoms with E-state index in [1.165, 1.54) is 0 Å². The molecule has 9 nitrogen and oxygen atoms in total. The third kappa shape index (κ3) is 3.81. The highest BCUT2D eigenvalue weighted by Crippen LogP contribution is 2.19. The Morgan fingerprint density at radius 1 is 1.27 bits per heavy atom. The van der Waals surface area contributed by atoms with E-state index in [9.17, 15) is 9.59 Å². The molecule has 2 N–H and O–H groups in total. The first-order valence-corrected chi connectivity index (χ1v) is 8.72. The molecule has 0 radical (unpaired) electrons. The number of anilines is 1. The third-order valence-corrected chi connectivity index (χ3v) is 4.64. The van der Waals surface area contributed by atoms with Crippen LogP contribution in [0, 0.1) is 5.92 Å². The minimum atomic E-state index is -0.788. The second-order valence-electron chi connectivity index (χ2n) is 6.29.